The Morgan fingerprint density at radius 3 is 2.39 bits per heavy atom. The van der Waals surface area contributed by atoms with Crippen molar-refractivity contribution < 1.29 is 24.3 Å². The lowest BCUT2D eigenvalue weighted by molar-refractivity contribution is -0.137. The van der Waals surface area contributed by atoms with Crippen molar-refractivity contribution >= 4 is 57.6 Å². The van der Waals surface area contributed by atoms with E-state index in [0.717, 1.165) is 5.56 Å². The second-order valence-electron chi connectivity index (χ2n) is 8.45. The molecule has 3 aromatic carbocycles. The Morgan fingerprint density at radius 2 is 1.68 bits per heavy atom. The van der Waals surface area contributed by atoms with Gasteiger partial charge in [-0.1, -0.05) is 48.0 Å². The maximum atomic E-state index is 13.2. The van der Waals surface area contributed by atoms with Crippen molar-refractivity contribution in [2.45, 2.75) is 19.0 Å². The molecule has 0 saturated heterocycles. The molecule has 1 heterocycles. The Labute approximate surface area is 222 Å². The number of fused-ring (bicyclic) bond motifs is 1. The van der Waals surface area contributed by atoms with Gasteiger partial charge in [0.25, 0.3) is 0 Å². The summed E-state index contributed by atoms with van der Waals surface area (Å²) in [6.45, 7) is 0.118. The van der Waals surface area contributed by atoms with E-state index in [1.54, 1.807) is 54.6 Å². The number of carboxylic acid groups (broad SMARTS) is 1. The van der Waals surface area contributed by atoms with Crippen molar-refractivity contribution in [3.05, 3.63) is 94.6 Å². The van der Waals surface area contributed by atoms with Gasteiger partial charge in [-0.05, 0) is 47.5 Å². The minimum absolute atomic E-state index is 0.0150. The molecule has 4 rings (SSSR count). The largest absolute Gasteiger partial charge is 0.477 e. The highest BCUT2D eigenvalue weighted by Gasteiger charge is 2.25. The van der Waals surface area contributed by atoms with Crippen molar-refractivity contribution in [1.82, 2.24) is 10.3 Å². The Morgan fingerprint density at radius 1 is 0.921 bits per heavy atom. The quantitative estimate of drug-likeness (QED) is 0.190. The average molecular weight is 534 g/mol. The molecule has 0 radical (unpaired) electrons. The first-order chi connectivity index (χ1) is 18.2. The number of halogens is 1. The molecule has 7 N–H and O–H groups in total. The average Bonchev–Trinajstić information content (AvgIpc) is 3.33. The number of carbonyl (C=O) groups is 4. The molecule has 0 aliphatic heterocycles. The second-order valence-corrected chi connectivity index (χ2v) is 8.89. The molecule has 11 heteroatoms. The number of nitrogens with two attached hydrogens (primary N) is 1. The van der Waals surface area contributed by atoms with Crippen LogP contribution in [0.4, 0.5) is 11.4 Å². The highest BCUT2D eigenvalue weighted by molar-refractivity contribution is 6.40. The van der Waals surface area contributed by atoms with Gasteiger partial charge in [0, 0.05) is 40.3 Å². The number of hydrogen-bond donors (Lipinski definition) is 6. The van der Waals surface area contributed by atoms with Gasteiger partial charge >= 0.3 is 17.8 Å². The molecule has 0 saturated carbocycles. The fourth-order valence-electron chi connectivity index (χ4n) is 3.86. The van der Waals surface area contributed by atoms with Crippen molar-refractivity contribution in [2.24, 2.45) is 5.73 Å². The first-order valence-corrected chi connectivity index (χ1v) is 11.9. The summed E-state index contributed by atoms with van der Waals surface area (Å²) >= 11 is 6.01. The van der Waals surface area contributed by atoms with Crippen LogP contribution in [0.2, 0.25) is 5.02 Å². The van der Waals surface area contributed by atoms with E-state index in [-0.39, 0.29) is 18.7 Å². The molecule has 194 valence electrons. The third-order valence-corrected chi connectivity index (χ3v) is 6.00. The number of carbonyl (C=O) groups excluding carboxylic acids is 3. The van der Waals surface area contributed by atoms with Gasteiger partial charge in [-0.3, -0.25) is 14.4 Å². The van der Waals surface area contributed by atoms with Crippen LogP contribution in [0.25, 0.3) is 10.9 Å². The molecular formula is C27H24ClN5O5. The SMILES string of the molecule is NCc1ccc(Cl)cc1NC(=O)C(=O)N[C@@H](Cc1ccccc1)C(=O)Nc1ccc2[nH]c(C(=O)O)cc2c1. The van der Waals surface area contributed by atoms with Gasteiger partial charge in [0.2, 0.25) is 5.91 Å². The summed E-state index contributed by atoms with van der Waals surface area (Å²) in [6, 6.07) is 19.0. The third-order valence-electron chi connectivity index (χ3n) is 5.77. The maximum Gasteiger partial charge on any atom is 0.352 e. The summed E-state index contributed by atoms with van der Waals surface area (Å²) < 4.78 is 0. The van der Waals surface area contributed by atoms with Gasteiger partial charge in [0.1, 0.15) is 11.7 Å². The molecule has 3 amide bonds. The van der Waals surface area contributed by atoms with Gasteiger partial charge in [-0.25, -0.2) is 4.79 Å². The lowest BCUT2D eigenvalue weighted by Crippen LogP contribution is -2.49. The second kappa shape index (κ2) is 11.6. The summed E-state index contributed by atoms with van der Waals surface area (Å²) in [5, 5.41) is 17.9. The van der Waals surface area contributed by atoms with Crippen LogP contribution in [0.15, 0.2) is 72.8 Å². The van der Waals surface area contributed by atoms with Gasteiger partial charge in [-0.15, -0.1) is 0 Å². The minimum Gasteiger partial charge on any atom is -0.477 e. The molecule has 0 unspecified atom stereocenters. The van der Waals surface area contributed by atoms with Gasteiger partial charge in [-0.2, -0.15) is 0 Å². The molecule has 0 aliphatic rings. The number of carboxylic acids is 1. The van der Waals surface area contributed by atoms with E-state index in [4.69, 9.17) is 17.3 Å². The molecule has 38 heavy (non-hydrogen) atoms. The number of nitrogens with one attached hydrogen (secondary N) is 4. The van der Waals surface area contributed by atoms with E-state index < -0.39 is 29.7 Å². The molecular weight excluding hydrogens is 510 g/mol. The first kappa shape index (κ1) is 26.4. The summed E-state index contributed by atoms with van der Waals surface area (Å²) in [4.78, 5) is 52.7. The number of aromatic amines is 1. The van der Waals surface area contributed by atoms with Gasteiger partial charge in [0.15, 0.2) is 0 Å². The van der Waals surface area contributed by atoms with Crippen LogP contribution < -0.4 is 21.7 Å². The molecule has 0 aliphatic carbocycles. The van der Waals surface area contributed by atoms with E-state index >= 15 is 0 Å². The number of rotatable bonds is 8. The van der Waals surface area contributed by atoms with Crippen LogP contribution in [0.3, 0.4) is 0 Å². The van der Waals surface area contributed by atoms with E-state index in [2.05, 4.69) is 20.9 Å². The monoisotopic (exact) mass is 533 g/mol. The predicted molar refractivity (Wildman–Crippen MR) is 144 cm³/mol. The first-order valence-electron chi connectivity index (χ1n) is 11.5. The number of amides is 3. The van der Waals surface area contributed by atoms with Crippen LogP contribution >= 0.6 is 11.6 Å². The Kier molecular flexibility index (Phi) is 8.05. The van der Waals surface area contributed by atoms with Crippen LogP contribution in [0, 0.1) is 0 Å². The zero-order chi connectivity index (χ0) is 27.2. The van der Waals surface area contributed by atoms with Crippen molar-refractivity contribution in [3.63, 3.8) is 0 Å². The van der Waals surface area contributed by atoms with Crippen molar-refractivity contribution in [2.75, 3.05) is 10.6 Å². The van der Waals surface area contributed by atoms with Gasteiger partial charge < -0.3 is 31.8 Å². The maximum absolute atomic E-state index is 13.2. The third kappa shape index (κ3) is 6.36. The summed E-state index contributed by atoms with van der Waals surface area (Å²) in [7, 11) is 0. The normalized spacial score (nSPS) is 11.5. The van der Waals surface area contributed by atoms with Gasteiger partial charge in [0.05, 0.1) is 0 Å². The Bertz CT molecular complexity index is 1520. The lowest BCUT2D eigenvalue weighted by atomic mass is 10.0. The lowest BCUT2D eigenvalue weighted by Gasteiger charge is -2.19. The van der Waals surface area contributed by atoms with E-state index in [9.17, 15) is 24.3 Å². The summed E-state index contributed by atoms with van der Waals surface area (Å²) in [5.74, 6) is -3.67. The van der Waals surface area contributed by atoms with Crippen molar-refractivity contribution in [1.29, 1.82) is 0 Å². The van der Waals surface area contributed by atoms with Crippen molar-refractivity contribution in [3.8, 4) is 0 Å². The highest BCUT2D eigenvalue weighted by Crippen LogP contribution is 2.22. The Hall–Kier alpha value is -4.67. The van der Waals surface area contributed by atoms with E-state index in [0.29, 0.717) is 32.9 Å². The number of benzene rings is 3. The summed E-state index contributed by atoms with van der Waals surface area (Å²) in [6.07, 6.45) is 0.118. The van der Waals surface area contributed by atoms with Crippen LogP contribution in [-0.4, -0.2) is 39.8 Å². The number of hydrogen-bond acceptors (Lipinski definition) is 5. The van der Waals surface area contributed by atoms with Crippen LogP contribution in [-0.2, 0) is 27.3 Å². The van der Waals surface area contributed by atoms with Crippen LogP contribution in [0.5, 0.6) is 0 Å². The number of H-pyrrole nitrogens is 1. The Balaban J connectivity index is 1.52. The zero-order valence-corrected chi connectivity index (χ0v) is 20.7. The predicted octanol–water partition coefficient (Wildman–Crippen LogP) is 3.28. The molecule has 10 nitrogen and oxygen atoms in total. The topological polar surface area (TPSA) is 166 Å². The number of anilines is 2. The van der Waals surface area contributed by atoms with E-state index in [1.165, 1.54) is 12.1 Å². The molecule has 0 bridgehead atoms. The smallest absolute Gasteiger partial charge is 0.352 e. The molecule has 0 fully saturated rings. The minimum atomic E-state index is -1.10. The number of aromatic nitrogens is 1. The van der Waals surface area contributed by atoms with E-state index in [1.807, 2.05) is 6.07 Å². The standard InChI is InChI=1S/C27H24ClN5O5/c28-18-7-6-16(14-29)21(13-18)32-25(35)26(36)33-22(10-15-4-2-1-3-5-15)24(34)30-19-8-9-20-17(11-19)12-23(31-20)27(37)38/h1-9,11-13,22,31H,10,14,29H2,(H,30,34)(H,32,35)(H,33,36)(H,37,38)/t22-/m0/s1. The molecule has 0 spiro atoms. The molecule has 1 atom stereocenters. The number of aromatic carboxylic acids is 1. The fraction of sp³-hybridized carbons (Fsp3) is 0.111. The molecule has 4 aromatic rings. The van der Waals surface area contributed by atoms with Crippen LogP contribution in [0.1, 0.15) is 21.6 Å². The zero-order valence-electron chi connectivity index (χ0n) is 20.0. The highest BCUT2D eigenvalue weighted by atomic mass is 35.5. The fourth-order valence-corrected chi connectivity index (χ4v) is 4.03. The summed E-state index contributed by atoms with van der Waals surface area (Å²) in [5.41, 5.74) is 8.34. The molecule has 1 aromatic heterocycles.